The normalized spacial score (nSPS) is 16.8. The molecule has 7 heteroatoms. The summed E-state index contributed by atoms with van der Waals surface area (Å²) in [5.74, 6) is 1.81. The minimum absolute atomic E-state index is 0.168. The minimum Gasteiger partial charge on any atom is -0.485 e. The van der Waals surface area contributed by atoms with Gasteiger partial charge in [-0.05, 0) is 19.1 Å². The van der Waals surface area contributed by atoms with E-state index in [1.165, 1.54) is 0 Å². The largest absolute Gasteiger partial charge is 0.485 e. The maximum absolute atomic E-state index is 12.0. The van der Waals surface area contributed by atoms with Crippen LogP contribution in [0.5, 0.6) is 11.5 Å². The van der Waals surface area contributed by atoms with E-state index in [0.717, 1.165) is 0 Å². The van der Waals surface area contributed by atoms with E-state index in [1.54, 1.807) is 19.1 Å². The number of nitrogens with zero attached hydrogens (tertiary/aromatic N) is 2. The van der Waals surface area contributed by atoms with Crippen LogP contribution in [0.1, 0.15) is 11.7 Å². The molecule has 0 radical (unpaired) electrons. The lowest BCUT2D eigenvalue weighted by Gasteiger charge is -2.25. The van der Waals surface area contributed by atoms with Crippen molar-refractivity contribution in [3.05, 3.63) is 36.0 Å². The number of fused-ring (bicyclic) bond motifs is 1. The molecule has 1 unspecified atom stereocenters. The smallest absolute Gasteiger partial charge is 0.265 e. The molecule has 3 rings (SSSR count). The number of ether oxygens (including phenoxy) is 2. The molecule has 0 fully saturated rings. The number of hydrogen-bond acceptors (Lipinski definition) is 6. The summed E-state index contributed by atoms with van der Waals surface area (Å²) in [4.78, 5) is 16.0. The number of aromatic nitrogens is 2. The van der Waals surface area contributed by atoms with E-state index >= 15 is 0 Å². The quantitative estimate of drug-likeness (QED) is 0.893. The molecule has 2 aromatic rings. The van der Waals surface area contributed by atoms with E-state index in [1.807, 2.05) is 12.1 Å². The molecule has 7 nitrogen and oxygen atoms in total. The van der Waals surface area contributed by atoms with Gasteiger partial charge in [-0.2, -0.15) is 4.98 Å². The highest BCUT2D eigenvalue weighted by atomic mass is 16.6. The van der Waals surface area contributed by atoms with Gasteiger partial charge in [0.15, 0.2) is 17.3 Å². The third-order valence-electron chi connectivity index (χ3n) is 2.78. The third-order valence-corrected chi connectivity index (χ3v) is 2.78. The Kier molecular flexibility index (Phi) is 3.24. The van der Waals surface area contributed by atoms with E-state index < -0.39 is 6.10 Å². The summed E-state index contributed by atoms with van der Waals surface area (Å²) >= 11 is 0. The number of hydrogen-bond donors (Lipinski definition) is 1. The van der Waals surface area contributed by atoms with Gasteiger partial charge in [0.2, 0.25) is 12.0 Å². The summed E-state index contributed by atoms with van der Waals surface area (Å²) in [7, 11) is 0. The van der Waals surface area contributed by atoms with E-state index in [4.69, 9.17) is 14.0 Å². The van der Waals surface area contributed by atoms with E-state index in [0.29, 0.717) is 23.2 Å². The van der Waals surface area contributed by atoms with Crippen LogP contribution in [0.15, 0.2) is 28.8 Å². The van der Waals surface area contributed by atoms with Gasteiger partial charge in [0.05, 0.1) is 6.54 Å². The Bertz CT molecular complexity index is 626. The maximum Gasteiger partial charge on any atom is 0.265 e. The topological polar surface area (TPSA) is 86.5 Å². The van der Waals surface area contributed by atoms with Crippen molar-refractivity contribution < 1.29 is 18.8 Å². The molecular formula is C13H13N3O4. The second-order valence-corrected chi connectivity index (χ2v) is 4.32. The van der Waals surface area contributed by atoms with E-state index in [-0.39, 0.29) is 19.1 Å². The number of nitrogens with one attached hydrogen (secondary N) is 1. The monoisotopic (exact) mass is 275 g/mol. The van der Waals surface area contributed by atoms with Gasteiger partial charge in [-0.25, -0.2) is 0 Å². The van der Waals surface area contributed by atoms with Crippen LogP contribution in [0.4, 0.5) is 0 Å². The Labute approximate surface area is 114 Å². The summed E-state index contributed by atoms with van der Waals surface area (Å²) in [5.41, 5.74) is 0. The van der Waals surface area contributed by atoms with Gasteiger partial charge in [0.25, 0.3) is 5.91 Å². The maximum atomic E-state index is 12.0. The predicted octanol–water partition coefficient (Wildman–Crippen LogP) is 0.834. The highest BCUT2D eigenvalue weighted by Crippen LogP contribution is 2.30. The Balaban J connectivity index is 1.59. The first-order valence-electron chi connectivity index (χ1n) is 6.18. The molecule has 1 N–H and O–H groups in total. The first kappa shape index (κ1) is 12.5. The van der Waals surface area contributed by atoms with Gasteiger partial charge in [-0.15, -0.1) is 0 Å². The Morgan fingerprint density at radius 3 is 2.95 bits per heavy atom. The lowest BCUT2D eigenvalue weighted by Crippen LogP contribution is -2.43. The molecule has 0 aliphatic carbocycles. The van der Waals surface area contributed by atoms with Crippen molar-refractivity contribution in [3.8, 4) is 11.5 Å². The predicted molar refractivity (Wildman–Crippen MR) is 67.2 cm³/mol. The first-order chi connectivity index (χ1) is 9.72. The van der Waals surface area contributed by atoms with Gasteiger partial charge in [0.1, 0.15) is 6.61 Å². The Morgan fingerprint density at radius 2 is 2.20 bits per heavy atom. The van der Waals surface area contributed by atoms with Crippen LogP contribution in [0.3, 0.4) is 0 Å². The Morgan fingerprint density at radius 1 is 1.40 bits per heavy atom. The summed E-state index contributed by atoms with van der Waals surface area (Å²) in [6, 6.07) is 7.23. The van der Waals surface area contributed by atoms with Crippen LogP contribution in [0.25, 0.3) is 0 Å². The number of carbonyl (C=O) groups excluding carboxylic acids is 1. The van der Waals surface area contributed by atoms with Crippen LogP contribution in [0, 0.1) is 6.92 Å². The van der Waals surface area contributed by atoms with Gasteiger partial charge in [-0.1, -0.05) is 17.3 Å². The molecule has 1 amide bonds. The van der Waals surface area contributed by atoms with Crippen LogP contribution in [-0.2, 0) is 11.3 Å². The molecule has 104 valence electrons. The zero-order chi connectivity index (χ0) is 13.9. The molecule has 1 aromatic carbocycles. The second-order valence-electron chi connectivity index (χ2n) is 4.32. The molecule has 1 atom stereocenters. The lowest BCUT2D eigenvalue weighted by atomic mass is 10.2. The standard InChI is InChI=1S/C13H13N3O4/c1-8-15-12(20-16-8)6-14-13(17)11-7-18-9-4-2-3-5-10(9)19-11/h2-5,11H,6-7H2,1H3,(H,14,17). The number of benzene rings is 1. The molecule has 20 heavy (non-hydrogen) atoms. The van der Waals surface area contributed by atoms with Crippen LogP contribution >= 0.6 is 0 Å². The molecule has 1 aliphatic rings. The minimum atomic E-state index is -0.686. The van der Waals surface area contributed by atoms with Gasteiger partial charge < -0.3 is 19.3 Å². The zero-order valence-corrected chi connectivity index (χ0v) is 10.8. The SMILES string of the molecule is Cc1noc(CNC(=O)C2COc3ccccc3O2)n1. The molecule has 0 saturated heterocycles. The van der Waals surface area contributed by atoms with Gasteiger partial charge in [0, 0.05) is 0 Å². The molecule has 0 saturated carbocycles. The van der Waals surface area contributed by atoms with Crippen molar-refractivity contribution in [2.45, 2.75) is 19.6 Å². The van der Waals surface area contributed by atoms with E-state index in [2.05, 4.69) is 15.5 Å². The van der Waals surface area contributed by atoms with Crippen molar-refractivity contribution >= 4 is 5.91 Å². The van der Waals surface area contributed by atoms with Crippen molar-refractivity contribution in [1.29, 1.82) is 0 Å². The number of para-hydroxylation sites is 2. The summed E-state index contributed by atoms with van der Waals surface area (Å²) in [5, 5.41) is 6.32. The zero-order valence-electron chi connectivity index (χ0n) is 10.8. The fourth-order valence-corrected chi connectivity index (χ4v) is 1.84. The summed E-state index contributed by atoms with van der Waals surface area (Å²) in [6.45, 7) is 2.05. The van der Waals surface area contributed by atoms with Crippen molar-refractivity contribution in [3.63, 3.8) is 0 Å². The fraction of sp³-hybridized carbons (Fsp3) is 0.308. The lowest BCUT2D eigenvalue weighted by molar-refractivity contribution is -0.130. The van der Waals surface area contributed by atoms with Crippen molar-refractivity contribution in [1.82, 2.24) is 15.5 Å². The number of amides is 1. The first-order valence-corrected chi connectivity index (χ1v) is 6.18. The third kappa shape index (κ3) is 2.56. The average molecular weight is 275 g/mol. The number of rotatable bonds is 3. The van der Waals surface area contributed by atoms with Crippen molar-refractivity contribution in [2.75, 3.05) is 6.61 Å². The van der Waals surface area contributed by atoms with Crippen LogP contribution in [-0.4, -0.2) is 28.8 Å². The fourth-order valence-electron chi connectivity index (χ4n) is 1.84. The molecule has 0 bridgehead atoms. The molecule has 2 heterocycles. The highest BCUT2D eigenvalue weighted by Gasteiger charge is 2.27. The molecule has 1 aliphatic heterocycles. The van der Waals surface area contributed by atoms with Crippen molar-refractivity contribution in [2.24, 2.45) is 0 Å². The molecule has 1 aromatic heterocycles. The van der Waals surface area contributed by atoms with Crippen LogP contribution < -0.4 is 14.8 Å². The molecule has 0 spiro atoms. The number of carbonyl (C=O) groups is 1. The second kappa shape index (κ2) is 5.20. The number of aryl methyl sites for hydroxylation is 1. The Hall–Kier alpha value is -2.57. The highest BCUT2D eigenvalue weighted by molar-refractivity contribution is 5.81. The van der Waals surface area contributed by atoms with Gasteiger partial charge in [-0.3, -0.25) is 4.79 Å². The summed E-state index contributed by atoms with van der Waals surface area (Å²) in [6.07, 6.45) is -0.686. The van der Waals surface area contributed by atoms with Crippen LogP contribution in [0.2, 0.25) is 0 Å². The average Bonchev–Trinajstić information content (AvgIpc) is 2.90. The summed E-state index contributed by atoms with van der Waals surface area (Å²) < 4.78 is 16.0. The van der Waals surface area contributed by atoms with Gasteiger partial charge >= 0.3 is 0 Å². The molecular weight excluding hydrogens is 262 g/mol. The van der Waals surface area contributed by atoms with E-state index in [9.17, 15) is 4.79 Å².